The molecular weight excluding hydrogens is 376 g/mol. The predicted molar refractivity (Wildman–Crippen MR) is 100 cm³/mol. The first-order valence-electron chi connectivity index (χ1n) is 8.12. The van der Waals surface area contributed by atoms with Crippen molar-refractivity contribution in [1.29, 1.82) is 26.3 Å². The summed E-state index contributed by atoms with van der Waals surface area (Å²) < 4.78 is 0. The molecular formula is C22H4N8. The number of nitrogens with zero attached hydrogens (tertiary/aromatic N) is 8. The SMILES string of the molecule is [C-]#[N+]C([N+]#[C-])=C1Cc2c(C#N)c3c(c(C#N)c2=C1[N+]#[C-])CC(=C(C#N)C#N)C=3C#N. The Hall–Kier alpha value is -5.64. The van der Waals surface area contributed by atoms with Crippen LogP contribution < -0.4 is 10.4 Å². The van der Waals surface area contributed by atoms with E-state index in [4.69, 9.17) is 19.7 Å². The highest BCUT2D eigenvalue weighted by Gasteiger charge is 2.35. The van der Waals surface area contributed by atoms with E-state index in [9.17, 15) is 26.3 Å². The second kappa shape index (κ2) is 7.17. The van der Waals surface area contributed by atoms with Gasteiger partial charge in [0.25, 0.3) is 0 Å². The van der Waals surface area contributed by atoms with Gasteiger partial charge in [0.1, 0.15) is 43.0 Å². The third-order valence-corrected chi connectivity index (χ3v) is 4.94. The Kier molecular flexibility index (Phi) is 4.57. The van der Waals surface area contributed by atoms with Crippen molar-refractivity contribution in [3.8, 4) is 30.3 Å². The number of nitriles is 5. The van der Waals surface area contributed by atoms with Crippen LogP contribution in [0.3, 0.4) is 0 Å². The summed E-state index contributed by atoms with van der Waals surface area (Å²) in [6.07, 6.45) is -0.151. The largest absolute Gasteiger partial charge is 0.512 e. The molecule has 0 spiro atoms. The van der Waals surface area contributed by atoms with E-state index >= 15 is 0 Å². The summed E-state index contributed by atoms with van der Waals surface area (Å²) in [6, 6.07) is 9.44. The zero-order chi connectivity index (χ0) is 22.0. The van der Waals surface area contributed by atoms with Crippen LogP contribution in [0.5, 0.6) is 0 Å². The van der Waals surface area contributed by atoms with Crippen LogP contribution in [0.1, 0.15) is 22.3 Å². The fraction of sp³-hybridized carbons (Fsp3) is 0.0909. The number of rotatable bonds is 0. The Morgan fingerprint density at radius 1 is 0.733 bits per heavy atom. The van der Waals surface area contributed by atoms with Gasteiger partial charge < -0.3 is 0 Å². The van der Waals surface area contributed by atoms with E-state index in [0.717, 1.165) is 0 Å². The second-order valence-electron chi connectivity index (χ2n) is 6.08. The Morgan fingerprint density at radius 3 is 1.73 bits per heavy atom. The second-order valence-corrected chi connectivity index (χ2v) is 6.08. The topological polar surface area (TPSA) is 132 Å². The first-order chi connectivity index (χ1) is 14.6. The lowest BCUT2D eigenvalue weighted by molar-refractivity contribution is 1.15. The molecule has 2 aliphatic rings. The normalized spacial score (nSPS) is 12.5. The zero-order valence-corrected chi connectivity index (χ0v) is 15.0. The van der Waals surface area contributed by atoms with Crippen molar-refractivity contribution >= 4 is 11.3 Å². The Bertz CT molecular complexity index is 1450. The molecule has 0 aromatic heterocycles. The quantitative estimate of drug-likeness (QED) is 0.498. The molecule has 0 saturated heterocycles. The molecule has 3 rings (SSSR count). The van der Waals surface area contributed by atoms with E-state index in [1.165, 1.54) is 0 Å². The molecule has 0 unspecified atom stereocenters. The van der Waals surface area contributed by atoms with Crippen molar-refractivity contribution in [1.82, 2.24) is 0 Å². The van der Waals surface area contributed by atoms with Crippen LogP contribution in [0, 0.1) is 76.4 Å². The third-order valence-electron chi connectivity index (χ3n) is 4.94. The van der Waals surface area contributed by atoms with Crippen molar-refractivity contribution in [2.75, 3.05) is 0 Å². The van der Waals surface area contributed by atoms with Crippen LogP contribution in [0.15, 0.2) is 22.5 Å². The van der Waals surface area contributed by atoms with Crippen LogP contribution in [0.25, 0.3) is 25.8 Å². The van der Waals surface area contributed by atoms with Crippen molar-refractivity contribution < 1.29 is 0 Å². The first-order valence-corrected chi connectivity index (χ1v) is 8.12. The molecule has 0 heterocycles. The highest BCUT2D eigenvalue weighted by molar-refractivity contribution is 5.88. The minimum absolute atomic E-state index is 0.0312. The lowest BCUT2D eigenvalue weighted by Crippen LogP contribution is -2.26. The van der Waals surface area contributed by atoms with E-state index in [2.05, 4.69) is 14.5 Å². The summed E-state index contributed by atoms with van der Waals surface area (Å²) in [4.78, 5) is 9.75. The van der Waals surface area contributed by atoms with Gasteiger partial charge in [-0.3, -0.25) is 0 Å². The predicted octanol–water partition coefficient (Wildman–Crippen LogP) is 1.64. The van der Waals surface area contributed by atoms with Crippen molar-refractivity contribution in [2.45, 2.75) is 12.8 Å². The summed E-state index contributed by atoms with van der Waals surface area (Å²) in [5.74, 6) is -0.313. The maximum Gasteiger partial charge on any atom is 0.512 e. The first kappa shape index (κ1) is 19.1. The molecule has 0 aliphatic heterocycles. The average Bonchev–Trinajstić information content (AvgIpc) is 3.32. The van der Waals surface area contributed by atoms with Crippen LogP contribution in [0.4, 0.5) is 0 Å². The smallest absolute Gasteiger partial charge is 0.238 e. The van der Waals surface area contributed by atoms with Crippen LogP contribution in [-0.2, 0) is 12.8 Å². The van der Waals surface area contributed by atoms with Gasteiger partial charge in [-0.1, -0.05) is 0 Å². The van der Waals surface area contributed by atoms with Gasteiger partial charge in [0, 0.05) is 22.4 Å². The molecule has 0 amide bonds. The Balaban J connectivity index is 2.69. The molecule has 0 bridgehead atoms. The molecule has 0 atom stereocenters. The summed E-state index contributed by atoms with van der Waals surface area (Å²) in [5.41, 5.74) is 0.603. The lowest BCUT2D eigenvalue weighted by Gasteiger charge is -2.06. The summed E-state index contributed by atoms with van der Waals surface area (Å²) in [7, 11) is 0. The van der Waals surface area contributed by atoms with E-state index in [1.807, 2.05) is 18.2 Å². The molecule has 0 radical (unpaired) electrons. The number of hydrogen-bond donors (Lipinski definition) is 0. The Labute approximate surface area is 170 Å². The fourth-order valence-corrected chi connectivity index (χ4v) is 3.78. The van der Waals surface area contributed by atoms with Gasteiger partial charge >= 0.3 is 5.82 Å². The number of benzene rings is 1. The molecule has 0 fully saturated rings. The van der Waals surface area contributed by atoms with Crippen molar-refractivity contribution in [2.24, 2.45) is 0 Å². The highest BCUT2D eigenvalue weighted by Crippen LogP contribution is 2.33. The van der Waals surface area contributed by atoms with E-state index in [1.54, 1.807) is 12.1 Å². The van der Waals surface area contributed by atoms with Gasteiger partial charge in [-0.25, -0.2) is 4.85 Å². The minimum atomic E-state index is -0.313. The van der Waals surface area contributed by atoms with Gasteiger partial charge in [-0.05, 0) is 17.5 Å². The molecule has 2 aliphatic carbocycles. The number of hydrogen-bond acceptors (Lipinski definition) is 5. The van der Waals surface area contributed by atoms with Gasteiger partial charge in [-0.2, -0.15) is 36.0 Å². The number of fused-ring (bicyclic) bond motifs is 2. The standard InChI is InChI=1S/C22H4N8/c1-28-21-15(22(29-2)30-3)5-14-17(9-26)19-13(18(10-27)20(14)21)4-12(16(19)8-25)11(6-23)7-24/h4-5H2. The summed E-state index contributed by atoms with van der Waals surface area (Å²) >= 11 is 0. The van der Waals surface area contributed by atoms with E-state index < -0.39 is 0 Å². The maximum atomic E-state index is 9.86. The van der Waals surface area contributed by atoms with Crippen LogP contribution in [-0.4, -0.2) is 0 Å². The highest BCUT2D eigenvalue weighted by atomic mass is 14.9. The number of allylic oxidation sites excluding steroid dienone is 2. The van der Waals surface area contributed by atoms with Gasteiger partial charge in [0.2, 0.25) is 0 Å². The monoisotopic (exact) mass is 380 g/mol. The average molecular weight is 380 g/mol. The molecule has 132 valence electrons. The maximum absolute atomic E-state index is 9.86. The van der Waals surface area contributed by atoms with E-state index in [-0.39, 0.29) is 73.8 Å². The molecule has 8 heteroatoms. The van der Waals surface area contributed by atoms with Gasteiger partial charge in [0.05, 0.1) is 34.9 Å². The zero-order valence-electron chi connectivity index (χ0n) is 15.0. The van der Waals surface area contributed by atoms with Gasteiger partial charge in [0.15, 0.2) is 5.70 Å². The van der Waals surface area contributed by atoms with Crippen LogP contribution >= 0.6 is 0 Å². The van der Waals surface area contributed by atoms with Crippen LogP contribution in [0.2, 0.25) is 0 Å². The van der Waals surface area contributed by atoms with Gasteiger partial charge in [-0.15, -0.1) is 0 Å². The molecule has 30 heavy (non-hydrogen) atoms. The summed E-state index contributed by atoms with van der Waals surface area (Å²) in [5, 5.41) is 48.2. The van der Waals surface area contributed by atoms with E-state index in [0.29, 0.717) is 5.56 Å². The minimum Gasteiger partial charge on any atom is -0.238 e. The molecule has 0 N–H and O–H groups in total. The van der Waals surface area contributed by atoms with Crippen molar-refractivity contribution in [3.05, 3.63) is 89.5 Å². The third kappa shape index (κ3) is 2.32. The molecule has 0 saturated carbocycles. The molecule has 1 aromatic carbocycles. The molecule has 1 aromatic rings. The fourth-order valence-electron chi connectivity index (χ4n) is 3.78. The lowest BCUT2D eigenvalue weighted by atomic mass is 9.94. The molecule has 8 nitrogen and oxygen atoms in total. The summed E-state index contributed by atoms with van der Waals surface area (Å²) in [6.45, 7) is 21.9. The Morgan fingerprint density at radius 2 is 1.27 bits per heavy atom. The van der Waals surface area contributed by atoms with Crippen molar-refractivity contribution in [3.63, 3.8) is 0 Å².